The maximum atomic E-state index is 12.3. The fourth-order valence-corrected chi connectivity index (χ4v) is 4.76. The average Bonchev–Trinajstić information content (AvgIpc) is 3.06. The van der Waals surface area contributed by atoms with E-state index < -0.39 is 0 Å². The van der Waals surface area contributed by atoms with Crippen LogP contribution in [-0.4, -0.2) is 52.5 Å². The van der Waals surface area contributed by atoms with Crippen LogP contribution in [0.25, 0.3) is 0 Å². The summed E-state index contributed by atoms with van der Waals surface area (Å²) >= 11 is 1.88. The number of aryl methyl sites for hydroxylation is 1. The number of hydrogen-bond donors (Lipinski definition) is 0. The number of rotatable bonds is 4. The molecule has 0 N–H and O–H groups in total. The molecule has 5 nitrogen and oxygen atoms in total. The fourth-order valence-electron chi connectivity index (χ4n) is 3.83. The van der Waals surface area contributed by atoms with Gasteiger partial charge in [-0.25, -0.2) is 0 Å². The first-order chi connectivity index (χ1) is 12.6. The van der Waals surface area contributed by atoms with E-state index in [-0.39, 0.29) is 18.1 Å². The van der Waals surface area contributed by atoms with E-state index in [0.717, 1.165) is 38.2 Å². The third-order valence-corrected chi connectivity index (χ3v) is 6.34. The van der Waals surface area contributed by atoms with Gasteiger partial charge in [-0.2, -0.15) is 0 Å². The molecule has 0 unspecified atom stereocenters. The minimum absolute atomic E-state index is 0.0674. The molecule has 0 saturated carbocycles. The van der Waals surface area contributed by atoms with Gasteiger partial charge in [-0.1, -0.05) is 6.07 Å². The molecule has 2 aromatic heterocycles. The molecule has 4 rings (SSSR count). The quantitative estimate of drug-likeness (QED) is 0.829. The molecule has 2 aromatic rings. The highest BCUT2D eigenvalue weighted by molar-refractivity contribution is 7.11. The monoisotopic (exact) mass is 371 g/mol. The summed E-state index contributed by atoms with van der Waals surface area (Å²) in [7, 11) is 0. The van der Waals surface area contributed by atoms with Crippen LogP contribution >= 0.6 is 11.3 Å². The summed E-state index contributed by atoms with van der Waals surface area (Å²) in [5.74, 6) is 0.0674. The molecule has 1 amide bonds. The largest absolute Gasteiger partial charge is 0.363 e. The van der Waals surface area contributed by atoms with Crippen LogP contribution in [0.4, 0.5) is 0 Å². The van der Waals surface area contributed by atoms with Gasteiger partial charge >= 0.3 is 0 Å². The summed E-state index contributed by atoms with van der Waals surface area (Å²) in [4.78, 5) is 23.9. The molecule has 0 bridgehead atoms. The summed E-state index contributed by atoms with van der Waals surface area (Å²) in [6.45, 7) is 6.65. The summed E-state index contributed by atoms with van der Waals surface area (Å²) in [5, 5.41) is 0. The molecule has 2 aliphatic heterocycles. The highest BCUT2D eigenvalue weighted by Gasteiger charge is 2.42. The van der Waals surface area contributed by atoms with Crippen LogP contribution < -0.4 is 0 Å². The van der Waals surface area contributed by atoms with E-state index in [0.29, 0.717) is 13.1 Å². The van der Waals surface area contributed by atoms with Crippen LogP contribution in [0.2, 0.25) is 0 Å². The Labute approximate surface area is 158 Å². The van der Waals surface area contributed by atoms with Gasteiger partial charge in [0.05, 0.1) is 24.4 Å². The Morgan fingerprint density at radius 1 is 1.19 bits per heavy atom. The number of hydrogen-bond acceptors (Lipinski definition) is 5. The smallest absolute Gasteiger partial charge is 0.249 e. The molecule has 0 radical (unpaired) electrons. The van der Waals surface area contributed by atoms with E-state index in [9.17, 15) is 4.79 Å². The third kappa shape index (κ3) is 3.98. The molecule has 2 saturated heterocycles. The Morgan fingerprint density at radius 2 is 2.04 bits per heavy atom. The molecule has 0 aliphatic carbocycles. The predicted octanol–water partition coefficient (Wildman–Crippen LogP) is 2.85. The number of carbonyl (C=O) groups excluding carboxylic acids is 1. The topological polar surface area (TPSA) is 45.7 Å². The number of likely N-dealkylation sites (tertiary alicyclic amines) is 1. The molecular formula is C20H25N3O2S. The first-order valence-electron chi connectivity index (χ1n) is 9.21. The van der Waals surface area contributed by atoms with Crippen molar-refractivity contribution in [3.05, 3.63) is 52.0 Å². The van der Waals surface area contributed by atoms with Crippen molar-refractivity contribution in [2.24, 2.45) is 0 Å². The van der Waals surface area contributed by atoms with Gasteiger partial charge in [0.1, 0.15) is 6.61 Å². The van der Waals surface area contributed by atoms with Crippen LogP contribution in [0.5, 0.6) is 0 Å². The lowest BCUT2D eigenvalue weighted by molar-refractivity contribution is -0.172. The van der Waals surface area contributed by atoms with E-state index in [2.05, 4.69) is 28.9 Å². The van der Waals surface area contributed by atoms with Crippen molar-refractivity contribution in [2.45, 2.75) is 38.5 Å². The number of morpholine rings is 1. The van der Waals surface area contributed by atoms with Crippen molar-refractivity contribution in [1.29, 1.82) is 0 Å². The first-order valence-corrected chi connectivity index (χ1v) is 10.0. The number of piperidine rings is 1. The number of ether oxygens (including phenoxy) is 1. The number of aromatic nitrogens is 1. The van der Waals surface area contributed by atoms with E-state index in [4.69, 9.17) is 4.74 Å². The summed E-state index contributed by atoms with van der Waals surface area (Å²) in [6.07, 6.45) is 3.73. The normalized spacial score (nSPS) is 20.7. The lowest BCUT2D eigenvalue weighted by Gasteiger charge is -2.47. The molecule has 2 fully saturated rings. The zero-order chi connectivity index (χ0) is 18.0. The molecule has 0 aromatic carbocycles. The minimum atomic E-state index is -0.190. The highest BCUT2D eigenvalue weighted by atomic mass is 32.1. The zero-order valence-electron chi connectivity index (χ0n) is 15.2. The average molecular weight is 372 g/mol. The number of carbonyl (C=O) groups is 1. The molecule has 4 heterocycles. The van der Waals surface area contributed by atoms with Gasteiger partial charge in [0.25, 0.3) is 0 Å². The van der Waals surface area contributed by atoms with Gasteiger partial charge in [0.15, 0.2) is 0 Å². The van der Waals surface area contributed by atoms with E-state index in [1.54, 1.807) is 6.20 Å². The van der Waals surface area contributed by atoms with E-state index >= 15 is 0 Å². The second kappa shape index (κ2) is 7.47. The van der Waals surface area contributed by atoms with Crippen molar-refractivity contribution < 1.29 is 9.53 Å². The lowest BCUT2D eigenvalue weighted by atomic mass is 9.89. The zero-order valence-corrected chi connectivity index (χ0v) is 16.0. The Hall–Kier alpha value is -1.76. The Kier molecular flexibility index (Phi) is 5.07. The second-order valence-corrected chi connectivity index (χ2v) is 8.70. The summed E-state index contributed by atoms with van der Waals surface area (Å²) < 4.78 is 6.05. The van der Waals surface area contributed by atoms with Crippen LogP contribution in [-0.2, 0) is 22.6 Å². The van der Waals surface area contributed by atoms with Gasteiger partial charge in [0.2, 0.25) is 5.91 Å². The van der Waals surface area contributed by atoms with Gasteiger partial charge in [-0.3, -0.25) is 14.7 Å². The first kappa shape index (κ1) is 17.6. The van der Waals surface area contributed by atoms with E-state index in [1.165, 1.54) is 9.75 Å². The predicted molar refractivity (Wildman–Crippen MR) is 102 cm³/mol. The fraction of sp³-hybridized carbons (Fsp3) is 0.500. The second-order valence-electron chi connectivity index (χ2n) is 7.33. The number of nitrogens with zero attached hydrogens (tertiary/aromatic N) is 3. The lowest BCUT2D eigenvalue weighted by Crippen LogP contribution is -2.58. The Balaban J connectivity index is 1.36. The highest BCUT2D eigenvalue weighted by Crippen LogP contribution is 2.32. The number of amides is 1. The van der Waals surface area contributed by atoms with Crippen molar-refractivity contribution in [3.8, 4) is 0 Å². The molecule has 0 atom stereocenters. The molecule has 2 aliphatic rings. The van der Waals surface area contributed by atoms with Crippen LogP contribution in [0, 0.1) is 6.92 Å². The van der Waals surface area contributed by atoms with Gasteiger partial charge in [-0.05, 0) is 44.0 Å². The van der Waals surface area contributed by atoms with Crippen molar-refractivity contribution in [1.82, 2.24) is 14.8 Å². The van der Waals surface area contributed by atoms with Crippen molar-refractivity contribution in [3.63, 3.8) is 0 Å². The maximum Gasteiger partial charge on any atom is 0.249 e. The standard InChI is InChI=1S/C20H25N3O2S/c1-16-5-6-18(26-16)13-22-10-7-20(8-11-22)15-23(19(24)14-25-20)12-17-4-2-3-9-21-17/h2-6,9H,7-8,10-15H2,1H3. The number of pyridine rings is 1. The molecule has 1 spiro atoms. The molecular weight excluding hydrogens is 346 g/mol. The minimum Gasteiger partial charge on any atom is -0.363 e. The van der Waals surface area contributed by atoms with Crippen molar-refractivity contribution >= 4 is 17.2 Å². The summed E-state index contributed by atoms with van der Waals surface area (Å²) in [5.41, 5.74) is 0.744. The molecule has 26 heavy (non-hydrogen) atoms. The van der Waals surface area contributed by atoms with Gasteiger partial charge in [-0.15, -0.1) is 11.3 Å². The Morgan fingerprint density at radius 3 is 2.73 bits per heavy atom. The summed E-state index contributed by atoms with van der Waals surface area (Å²) in [6, 6.07) is 10.3. The van der Waals surface area contributed by atoms with Gasteiger partial charge in [0, 0.05) is 35.6 Å². The SMILES string of the molecule is Cc1ccc(CN2CCC3(CC2)CN(Cc2ccccn2)C(=O)CO3)s1. The van der Waals surface area contributed by atoms with E-state index in [1.807, 2.05) is 34.4 Å². The van der Waals surface area contributed by atoms with Gasteiger partial charge < -0.3 is 9.64 Å². The van der Waals surface area contributed by atoms with Crippen LogP contribution in [0.3, 0.4) is 0 Å². The molecule has 6 heteroatoms. The van der Waals surface area contributed by atoms with Crippen LogP contribution in [0.15, 0.2) is 36.5 Å². The Bertz CT molecular complexity index is 753. The maximum absolute atomic E-state index is 12.3. The molecule has 138 valence electrons. The third-order valence-electron chi connectivity index (χ3n) is 5.36. The van der Waals surface area contributed by atoms with Crippen LogP contribution in [0.1, 0.15) is 28.3 Å². The number of thiophene rings is 1. The van der Waals surface area contributed by atoms with Crippen molar-refractivity contribution in [2.75, 3.05) is 26.2 Å².